The molecule has 0 amide bonds. The molecule has 9 heteroatoms. The predicted octanol–water partition coefficient (Wildman–Crippen LogP) is 2.34. The molecule has 1 rings (SSSR count). The van der Waals surface area contributed by atoms with Gasteiger partial charge in [0.1, 0.15) is 5.02 Å². The Kier molecular flexibility index (Phi) is 4.87. The number of carbonyl (C=O) groups is 1. The molecular weight excluding hydrogens is 287 g/mol. The minimum atomic E-state index is -1.21. The Balaban J connectivity index is 2.97. The van der Waals surface area contributed by atoms with Gasteiger partial charge in [0.25, 0.3) is 5.69 Å². The summed E-state index contributed by atoms with van der Waals surface area (Å²) in [5.41, 5.74) is -0.251. The van der Waals surface area contributed by atoms with E-state index in [9.17, 15) is 14.9 Å². The average molecular weight is 293 g/mol. The highest BCUT2D eigenvalue weighted by Gasteiger charge is 2.17. The van der Waals surface area contributed by atoms with Crippen LogP contribution in [0.5, 0.6) is 0 Å². The third kappa shape index (κ3) is 3.57. The predicted molar refractivity (Wildman–Crippen MR) is 64.3 cm³/mol. The second-order valence-electron chi connectivity index (χ2n) is 2.95. The number of nitrogens with zero attached hydrogens (tertiary/aromatic N) is 2. The van der Waals surface area contributed by atoms with Crippen molar-refractivity contribution in [2.75, 3.05) is 6.61 Å². The topological polar surface area (TPSA) is 102 Å². The molecule has 1 N–H and O–H groups in total. The normalized spacial score (nSPS) is 10.6. The van der Waals surface area contributed by atoms with E-state index < -0.39 is 17.5 Å². The van der Waals surface area contributed by atoms with Gasteiger partial charge in [-0.3, -0.25) is 10.1 Å². The van der Waals surface area contributed by atoms with Crippen LogP contribution in [0, 0.1) is 10.1 Å². The molecule has 0 saturated carbocycles. The summed E-state index contributed by atoms with van der Waals surface area (Å²) in [6.07, 6.45) is 1.01. The Bertz CT molecular complexity index is 518. The number of halogens is 2. The first kappa shape index (κ1) is 14.2. The van der Waals surface area contributed by atoms with Gasteiger partial charge in [0, 0.05) is 11.6 Å². The van der Waals surface area contributed by atoms with Crippen LogP contribution in [0.15, 0.2) is 17.3 Å². The van der Waals surface area contributed by atoms with Crippen LogP contribution in [-0.4, -0.2) is 28.8 Å². The molecule has 0 aliphatic heterocycles. The molecule has 0 aliphatic rings. The van der Waals surface area contributed by atoms with Crippen molar-refractivity contribution >= 4 is 41.1 Å². The Hall–Kier alpha value is -1.86. The van der Waals surface area contributed by atoms with Crippen molar-refractivity contribution < 1.29 is 19.7 Å². The van der Waals surface area contributed by atoms with E-state index in [0.717, 1.165) is 12.3 Å². The second kappa shape index (κ2) is 6.18. The molecule has 96 valence electrons. The van der Waals surface area contributed by atoms with Crippen LogP contribution in [0.25, 0.3) is 0 Å². The molecular formula is C9H6Cl2N2O5. The van der Waals surface area contributed by atoms with Crippen molar-refractivity contribution in [2.24, 2.45) is 5.16 Å². The maximum atomic E-state index is 10.6. The number of aliphatic carboxylic acids is 1. The first-order valence-electron chi connectivity index (χ1n) is 4.43. The fourth-order valence-electron chi connectivity index (χ4n) is 1.000. The van der Waals surface area contributed by atoms with E-state index in [1.165, 1.54) is 6.07 Å². The van der Waals surface area contributed by atoms with Gasteiger partial charge in [0.15, 0.2) is 0 Å². The first-order valence-corrected chi connectivity index (χ1v) is 5.18. The van der Waals surface area contributed by atoms with E-state index in [0.29, 0.717) is 0 Å². The van der Waals surface area contributed by atoms with Crippen LogP contribution in [0.4, 0.5) is 5.69 Å². The maximum absolute atomic E-state index is 10.6. The zero-order valence-electron chi connectivity index (χ0n) is 8.67. The minimum absolute atomic E-state index is 0.0814. The summed E-state index contributed by atoms with van der Waals surface area (Å²) in [4.78, 5) is 24.5. The molecule has 0 saturated heterocycles. The fraction of sp³-hybridized carbons (Fsp3) is 0.111. The van der Waals surface area contributed by atoms with E-state index in [-0.39, 0.29) is 21.3 Å². The molecule has 0 spiro atoms. The highest BCUT2D eigenvalue weighted by molar-refractivity contribution is 6.40. The third-order valence-electron chi connectivity index (χ3n) is 1.75. The molecule has 1 aromatic rings. The monoisotopic (exact) mass is 292 g/mol. The van der Waals surface area contributed by atoms with Gasteiger partial charge in [-0.2, -0.15) is 0 Å². The third-order valence-corrected chi connectivity index (χ3v) is 2.47. The van der Waals surface area contributed by atoms with Crippen LogP contribution in [0.3, 0.4) is 0 Å². The van der Waals surface area contributed by atoms with Gasteiger partial charge in [-0.1, -0.05) is 28.4 Å². The number of rotatable bonds is 5. The van der Waals surface area contributed by atoms with Crippen molar-refractivity contribution in [1.29, 1.82) is 0 Å². The lowest BCUT2D eigenvalue weighted by Crippen LogP contribution is -2.03. The average Bonchev–Trinajstić information content (AvgIpc) is 2.26. The Morgan fingerprint density at radius 2 is 2.22 bits per heavy atom. The number of nitro groups is 1. The molecule has 7 nitrogen and oxygen atoms in total. The summed E-state index contributed by atoms with van der Waals surface area (Å²) in [7, 11) is 0. The Labute approximate surface area is 111 Å². The van der Waals surface area contributed by atoms with Gasteiger partial charge in [-0.15, -0.1) is 0 Å². The highest BCUT2D eigenvalue weighted by atomic mass is 35.5. The Morgan fingerprint density at radius 3 is 2.78 bits per heavy atom. The van der Waals surface area contributed by atoms with Gasteiger partial charge in [0.2, 0.25) is 6.61 Å². The smallest absolute Gasteiger partial charge is 0.344 e. The van der Waals surface area contributed by atoms with Gasteiger partial charge in [0.05, 0.1) is 16.2 Å². The van der Waals surface area contributed by atoms with Gasteiger partial charge in [-0.25, -0.2) is 4.79 Å². The summed E-state index contributed by atoms with van der Waals surface area (Å²) in [6, 6.07) is 2.43. The quantitative estimate of drug-likeness (QED) is 0.510. The van der Waals surface area contributed by atoms with E-state index >= 15 is 0 Å². The minimum Gasteiger partial charge on any atom is -0.479 e. The highest BCUT2D eigenvalue weighted by Crippen LogP contribution is 2.31. The SMILES string of the molecule is O=C(O)CO/N=C\c1c(Cl)ccc([N+](=O)[O-])c1Cl. The number of oxime groups is 1. The van der Waals surface area contributed by atoms with Crippen molar-refractivity contribution in [3.8, 4) is 0 Å². The molecule has 0 bridgehead atoms. The van der Waals surface area contributed by atoms with Crippen molar-refractivity contribution in [1.82, 2.24) is 0 Å². The maximum Gasteiger partial charge on any atom is 0.344 e. The molecule has 0 aliphatic carbocycles. The number of carboxylic acids is 1. The lowest BCUT2D eigenvalue weighted by Gasteiger charge is -2.01. The first-order chi connectivity index (χ1) is 8.43. The number of carboxylic acid groups (broad SMARTS) is 1. The zero-order chi connectivity index (χ0) is 13.7. The van der Waals surface area contributed by atoms with Crippen molar-refractivity contribution in [3.05, 3.63) is 37.9 Å². The summed E-state index contributed by atoms with van der Waals surface area (Å²) < 4.78 is 0. The van der Waals surface area contributed by atoms with Gasteiger partial charge >= 0.3 is 5.97 Å². The van der Waals surface area contributed by atoms with Gasteiger partial charge in [-0.05, 0) is 6.07 Å². The lowest BCUT2D eigenvalue weighted by atomic mass is 10.2. The van der Waals surface area contributed by atoms with E-state index in [1.54, 1.807) is 0 Å². The summed E-state index contributed by atoms with van der Waals surface area (Å²) in [5.74, 6) is -1.21. The number of nitro benzene ring substituents is 1. The molecule has 0 unspecified atom stereocenters. The fourth-order valence-corrected chi connectivity index (χ4v) is 1.54. The molecule has 0 atom stereocenters. The molecule has 0 aromatic heterocycles. The lowest BCUT2D eigenvalue weighted by molar-refractivity contribution is -0.384. The van der Waals surface area contributed by atoms with E-state index in [4.69, 9.17) is 28.3 Å². The molecule has 18 heavy (non-hydrogen) atoms. The van der Waals surface area contributed by atoms with Crippen molar-refractivity contribution in [2.45, 2.75) is 0 Å². The van der Waals surface area contributed by atoms with E-state index in [1.807, 2.05) is 0 Å². The van der Waals surface area contributed by atoms with Crippen LogP contribution in [0.2, 0.25) is 10.0 Å². The van der Waals surface area contributed by atoms with Crippen LogP contribution in [-0.2, 0) is 9.63 Å². The molecule has 0 radical (unpaired) electrons. The summed E-state index contributed by atoms with van der Waals surface area (Å²) >= 11 is 11.5. The van der Waals surface area contributed by atoms with E-state index in [2.05, 4.69) is 9.99 Å². The van der Waals surface area contributed by atoms with Crippen LogP contribution >= 0.6 is 23.2 Å². The zero-order valence-corrected chi connectivity index (χ0v) is 10.2. The number of benzene rings is 1. The van der Waals surface area contributed by atoms with Crippen LogP contribution < -0.4 is 0 Å². The molecule has 0 fully saturated rings. The molecule has 0 heterocycles. The molecule has 1 aromatic carbocycles. The van der Waals surface area contributed by atoms with Crippen molar-refractivity contribution in [3.63, 3.8) is 0 Å². The second-order valence-corrected chi connectivity index (χ2v) is 3.74. The summed E-state index contributed by atoms with van der Waals surface area (Å²) in [6.45, 7) is -0.638. The Morgan fingerprint density at radius 1 is 1.56 bits per heavy atom. The van der Waals surface area contributed by atoms with Gasteiger partial charge < -0.3 is 9.94 Å². The standard InChI is InChI=1S/C9H6Cl2N2O5/c10-6-1-2-7(13(16)17)9(11)5(6)3-12-18-4-8(14)15/h1-3H,4H2,(H,14,15)/b12-3-. The number of hydrogen-bond donors (Lipinski definition) is 1. The van der Waals surface area contributed by atoms with Crippen LogP contribution in [0.1, 0.15) is 5.56 Å². The largest absolute Gasteiger partial charge is 0.479 e. The number of hydrogen-bond acceptors (Lipinski definition) is 5. The summed E-state index contributed by atoms with van der Waals surface area (Å²) in [5, 5.41) is 22.2.